The van der Waals surface area contributed by atoms with E-state index in [0.29, 0.717) is 36.7 Å². The number of hydrogen-bond donors (Lipinski definition) is 4. The Morgan fingerprint density at radius 1 is 0.769 bits per heavy atom. The van der Waals surface area contributed by atoms with E-state index in [1.54, 1.807) is 0 Å². The van der Waals surface area contributed by atoms with E-state index in [0.717, 1.165) is 35.1 Å². The summed E-state index contributed by atoms with van der Waals surface area (Å²) in [5, 5.41) is 27.7. The number of benzene rings is 2. The van der Waals surface area contributed by atoms with Crippen LogP contribution in [0.2, 0.25) is 0 Å². The van der Waals surface area contributed by atoms with E-state index in [2.05, 4.69) is 10.6 Å². The van der Waals surface area contributed by atoms with Crippen molar-refractivity contribution in [1.82, 2.24) is 10.6 Å². The van der Waals surface area contributed by atoms with Crippen LogP contribution in [-0.2, 0) is 13.1 Å². The fourth-order valence-corrected chi connectivity index (χ4v) is 3.83. The Morgan fingerprint density at radius 3 is 1.62 bits per heavy atom. The van der Waals surface area contributed by atoms with Crippen LogP contribution in [0.15, 0.2) is 36.4 Å². The zero-order valence-corrected chi connectivity index (χ0v) is 15.8. The van der Waals surface area contributed by atoms with Crippen molar-refractivity contribution in [3.63, 3.8) is 0 Å². The van der Waals surface area contributed by atoms with Crippen LogP contribution in [0.1, 0.15) is 47.9 Å². The number of phenols is 2. The van der Waals surface area contributed by atoms with Crippen molar-refractivity contribution in [3.05, 3.63) is 58.7 Å². The molecule has 0 unspecified atom stereocenters. The van der Waals surface area contributed by atoms with Crippen LogP contribution < -0.4 is 10.6 Å². The Bertz CT molecular complexity index is 681. The molecule has 1 saturated carbocycles. The first-order valence-corrected chi connectivity index (χ1v) is 9.58. The minimum absolute atomic E-state index is 0.371. The van der Waals surface area contributed by atoms with Crippen LogP contribution in [0.25, 0.3) is 0 Å². The van der Waals surface area contributed by atoms with Gasteiger partial charge in [0.2, 0.25) is 0 Å². The van der Waals surface area contributed by atoms with Crippen LogP contribution >= 0.6 is 0 Å². The molecule has 0 amide bonds. The fourth-order valence-electron chi connectivity index (χ4n) is 3.83. The highest BCUT2D eigenvalue weighted by molar-refractivity contribution is 5.40. The zero-order valence-electron chi connectivity index (χ0n) is 15.8. The highest BCUT2D eigenvalue weighted by Crippen LogP contribution is 2.25. The Hall–Kier alpha value is -2.04. The van der Waals surface area contributed by atoms with Gasteiger partial charge in [-0.05, 0) is 37.8 Å². The Kier molecular flexibility index (Phi) is 6.17. The molecule has 0 radical (unpaired) electrons. The largest absolute Gasteiger partial charge is 0.507 e. The van der Waals surface area contributed by atoms with Gasteiger partial charge in [-0.1, -0.05) is 49.2 Å². The van der Waals surface area contributed by atoms with Gasteiger partial charge >= 0.3 is 0 Å². The number of rotatable bonds is 6. The zero-order chi connectivity index (χ0) is 18.5. The molecule has 1 aliphatic carbocycles. The Morgan fingerprint density at radius 2 is 1.19 bits per heavy atom. The summed E-state index contributed by atoms with van der Waals surface area (Å²) in [4.78, 5) is 0. The van der Waals surface area contributed by atoms with Gasteiger partial charge in [0.25, 0.3) is 0 Å². The molecule has 4 N–H and O–H groups in total. The maximum Gasteiger partial charge on any atom is 0.122 e. The molecule has 2 atom stereocenters. The summed E-state index contributed by atoms with van der Waals surface area (Å²) in [5.74, 6) is 0.787. The third-order valence-corrected chi connectivity index (χ3v) is 5.52. The number of aromatic hydroxyl groups is 2. The van der Waals surface area contributed by atoms with Crippen LogP contribution in [0, 0.1) is 13.8 Å². The van der Waals surface area contributed by atoms with Gasteiger partial charge in [0.15, 0.2) is 0 Å². The molecule has 0 spiro atoms. The van der Waals surface area contributed by atoms with E-state index in [1.165, 1.54) is 12.8 Å². The monoisotopic (exact) mass is 354 g/mol. The lowest BCUT2D eigenvalue weighted by atomic mass is 9.89. The number of phenolic OH excluding ortho intramolecular Hbond substituents is 2. The molecule has 1 aliphatic rings. The molecule has 2 aromatic rings. The van der Waals surface area contributed by atoms with Gasteiger partial charge in [-0.15, -0.1) is 0 Å². The standard InChI is InChI=1S/C22H30N2O2/c1-15-7-5-9-17(21(15)25)13-23-19-11-3-4-12-20(19)24-14-18-10-6-8-16(2)22(18)26/h5-10,19-20,23-26H,3-4,11-14H2,1-2H3/t19-,20-/m0/s1. The highest BCUT2D eigenvalue weighted by Gasteiger charge is 2.24. The minimum Gasteiger partial charge on any atom is -0.507 e. The van der Waals surface area contributed by atoms with Crippen LogP contribution in [0.4, 0.5) is 0 Å². The van der Waals surface area contributed by atoms with Crippen LogP contribution in [-0.4, -0.2) is 22.3 Å². The van der Waals surface area contributed by atoms with Crippen molar-refractivity contribution in [3.8, 4) is 11.5 Å². The van der Waals surface area contributed by atoms with Crippen molar-refractivity contribution >= 4 is 0 Å². The van der Waals surface area contributed by atoms with E-state index in [9.17, 15) is 10.2 Å². The molecule has 2 aromatic carbocycles. The molecule has 4 nitrogen and oxygen atoms in total. The van der Waals surface area contributed by atoms with Crippen molar-refractivity contribution in [2.45, 2.75) is 64.7 Å². The fraction of sp³-hybridized carbons (Fsp3) is 0.455. The molecule has 0 bridgehead atoms. The maximum absolute atomic E-state index is 10.2. The summed E-state index contributed by atoms with van der Waals surface area (Å²) >= 11 is 0. The SMILES string of the molecule is Cc1cccc(CN[C@H]2CCCC[C@@H]2NCc2cccc(C)c2O)c1O. The minimum atomic E-state index is 0.371. The summed E-state index contributed by atoms with van der Waals surface area (Å²) in [6.45, 7) is 5.20. The van der Waals surface area contributed by atoms with Gasteiger partial charge < -0.3 is 20.8 Å². The van der Waals surface area contributed by atoms with Crippen molar-refractivity contribution < 1.29 is 10.2 Å². The first kappa shape index (κ1) is 18.7. The van der Waals surface area contributed by atoms with Gasteiger partial charge in [0.05, 0.1) is 0 Å². The summed E-state index contributed by atoms with van der Waals surface area (Å²) in [7, 11) is 0. The van der Waals surface area contributed by atoms with Crippen molar-refractivity contribution in [1.29, 1.82) is 0 Å². The van der Waals surface area contributed by atoms with Gasteiger partial charge in [0, 0.05) is 36.3 Å². The van der Waals surface area contributed by atoms with Crippen LogP contribution in [0.3, 0.4) is 0 Å². The first-order valence-electron chi connectivity index (χ1n) is 9.58. The summed E-state index contributed by atoms with van der Waals surface area (Å²) in [6, 6.07) is 12.5. The summed E-state index contributed by atoms with van der Waals surface area (Å²) in [6.07, 6.45) is 4.71. The molecule has 4 heteroatoms. The molecule has 26 heavy (non-hydrogen) atoms. The number of aryl methyl sites for hydroxylation is 2. The number of para-hydroxylation sites is 2. The predicted molar refractivity (Wildman–Crippen MR) is 105 cm³/mol. The second-order valence-corrected chi connectivity index (χ2v) is 7.42. The van der Waals surface area contributed by atoms with Gasteiger partial charge in [0.1, 0.15) is 11.5 Å². The Labute approximate surface area is 156 Å². The second-order valence-electron chi connectivity index (χ2n) is 7.42. The average molecular weight is 354 g/mol. The van der Waals surface area contributed by atoms with E-state index >= 15 is 0 Å². The highest BCUT2D eigenvalue weighted by atomic mass is 16.3. The smallest absolute Gasteiger partial charge is 0.122 e. The molecule has 0 aliphatic heterocycles. The lowest BCUT2D eigenvalue weighted by Crippen LogP contribution is -2.49. The maximum atomic E-state index is 10.2. The van der Waals surface area contributed by atoms with E-state index in [1.807, 2.05) is 50.2 Å². The van der Waals surface area contributed by atoms with Crippen LogP contribution in [0.5, 0.6) is 11.5 Å². The Balaban J connectivity index is 1.61. The van der Waals surface area contributed by atoms with E-state index in [4.69, 9.17) is 0 Å². The lowest BCUT2D eigenvalue weighted by molar-refractivity contribution is 0.279. The lowest BCUT2D eigenvalue weighted by Gasteiger charge is -2.33. The number of hydrogen-bond acceptors (Lipinski definition) is 4. The molecule has 3 rings (SSSR count). The third kappa shape index (κ3) is 4.37. The van der Waals surface area contributed by atoms with E-state index < -0.39 is 0 Å². The topological polar surface area (TPSA) is 64.5 Å². The summed E-state index contributed by atoms with van der Waals surface area (Å²) in [5.41, 5.74) is 3.73. The normalized spacial score (nSPS) is 20.2. The molecule has 0 saturated heterocycles. The average Bonchev–Trinajstić information content (AvgIpc) is 2.65. The third-order valence-electron chi connectivity index (χ3n) is 5.52. The molecule has 0 heterocycles. The molecule has 0 aromatic heterocycles. The molecular weight excluding hydrogens is 324 g/mol. The van der Waals surface area contributed by atoms with Gasteiger partial charge in [-0.25, -0.2) is 0 Å². The second kappa shape index (κ2) is 8.56. The predicted octanol–water partition coefficient (Wildman–Crippen LogP) is 3.91. The molecule has 1 fully saturated rings. The van der Waals surface area contributed by atoms with Gasteiger partial charge in [-0.3, -0.25) is 0 Å². The van der Waals surface area contributed by atoms with E-state index in [-0.39, 0.29) is 0 Å². The first-order chi connectivity index (χ1) is 12.6. The molecule has 140 valence electrons. The van der Waals surface area contributed by atoms with Gasteiger partial charge in [-0.2, -0.15) is 0 Å². The van der Waals surface area contributed by atoms with Crippen molar-refractivity contribution in [2.24, 2.45) is 0 Å². The number of nitrogens with one attached hydrogen (secondary N) is 2. The van der Waals surface area contributed by atoms with Crippen molar-refractivity contribution in [2.75, 3.05) is 0 Å². The summed E-state index contributed by atoms with van der Waals surface area (Å²) < 4.78 is 0. The molecular formula is C22H30N2O2. The quantitative estimate of drug-likeness (QED) is 0.635.